The molecule has 1 aromatic carbocycles. The van der Waals surface area contributed by atoms with E-state index in [1.54, 1.807) is 0 Å². The Morgan fingerprint density at radius 3 is 3.00 bits per heavy atom. The van der Waals surface area contributed by atoms with Gasteiger partial charge in [-0.1, -0.05) is 11.6 Å². The first-order valence-corrected chi connectivity index (χ1v) is 4.56. The van der Waals surface area contributed by atoms with Crippen LogP contribution in [0.4, 0.5) is 4.39 Å². The second-order valence-corrected chi connectivity index (χ2v) is 3.09. The molecule has 4 heteroatoms. The van der Waals surface area contributed by atoms with Crippen molar-refractivity contribution < 1.29 is 9.13 Å². The van der Waals surface area contributed by atoms with Crippen molar-refractivity contribution in [3.63, 3.8) is 0 Å². The summed E-state index contributed by atoms with van der Waals surface area (Å²) < 4.78 is 17.9. The quantitative estimate of drug-likeness (QED) is 0.720. The number of rotatable bonds is 4. The van der Waals surface area contributed by atoms with E-state index >= 15 is 0 Å². The Kier molecular flexibility index (Phi) is 4.21. The molecule has 0 heterocycles. The molecule has 1 rings (SSSR count). The van der Waals surface area contributed by atoms with Gasteiger partial charge < -0.3 is 4.74 Å². The van der Waals surface area contributed by atoms with E-state index in [-0.39, 0.29) is 5.82 Å². The van der Waals surface area contributed by atoms with Crippen molar-refractivity contribution in [2.45, 2.75) is 12.8 Å². The fraction of sp³-hybridized carbons (Fsp3) is 0.300. The minimum Gasteiger partial charge on any atom is -0.492 e. The standard InChI is InChI=1S/C10H9ClFNO/c11-9-4-3-8(12)7-10(9)14-6-2-1-5-13/h3-4,7H,1-2,6H2. The summed E-state index contributed by atoms with van der Waals surface area (Å²) in [6.07, 6.45) is 1.04. The summed E-state index contributed by atoms with van der Waals surface area (Å²) in [6, 6.07) is 5.93. The molecule has 0 saturated heterocycles. The molecular weight excluding hydrogens is 205 g/mol. The molecule has 0 aliphatic heterocycles. The average Bonchev–Trinajstić information content (AvgIpc) is 2.18. The predicted molar refractivity (Wildman–Crippen MR) is 51.8 cm³/mol. The van der Waals surface area contributed by atoms with E-state index in [9.17, 15) is 4.39 Å². The third-order valence-corrected chi connectivity index (χ3v) is 1.90. The predicted octanol–water partition coefficient (Wildman–Crippen LogP) is 3.16. The first-order chi connectivity index (χ1) is 6.74. The summed E-state index contributed by atoms with van der Waals surface area (Å²) in [4.78, 5) is 0. The van der Waals surface area contributed by atoms with Gasteiger partial charge in [0.25, 0.3) is 0 Å². The van der Waals surface area contributed by atoms with Crippen molar-refractivity contribution in [2.75, 3.05) is 6.61 Å². The average molecular weight is 214 g/mol. The van der Waals surface area contributed by atoms with Crippen LogP contribution in [0.1, 0.15) is 12.8 Å². The van der Waals surface area contributed by atoms with Gasteiger partial charge in [-0.2, -0.15) is 5.26 Å². The van der Waals surface area contributed by atoms with E-state index in [1.165, 1.54) is 18.2 Å². The van der Waals surface area contributed by atoms with Gasteiger partial charge in [0.1, 0.15) is 11.6 Å². The summed E-state index contributed by atoms with van der Waals surface area (Å²) in [6.45, 7) is 0.372. The molecule has 0 fully saturated rings. The van der Waals surface area contributed by atoms with E-state index in [4.69, 9.17) is 21.6 Å². The first-order valence-electron chi connectivity index (χ1n) is 4.19. The zero-order valence-electron chi connectivity index (χ0n) is 7.46. The highest BCUT2D eigenvalue weighted by Gasteiger charge is 2.02. The number of nitriles is 1. The van der Waals surface area contributed by atoms with E-state index in [2.05, 4.69) is 0 Å². The number of halogens is 2. The molecule has 2 nitrogen and oxygen atoms in total. The minimum atomic E-state index is -0.385. The van der Waals surface area contributed by atoms with E-state index in [1.807, 2.05) is 6.07 Å². The Morgan fingerprint density at radius 2 is 2.29 bits per heavy atom. The molecule has 74 valence electrons. The van der Waals surface area contributed by atoms with Crippen molar-refractivity contribution in [3.8, 4) is 11.8 Å². The van der Waals surface area contributed by atoms with Gasteiger partial charge >= 0.3 is 0 Å². The van der Waals surface area contributed by atoms with Crippen LogP contribution in [-0.2, 0) is 0 Å². The second-order valence-electron chi connectivity index (χ2n) is 2.68. The van der Waals surface area contributed by atoms with Crippen LogP contribution in [0.3, 0.4) is 0 Å². The van der Waals surface area contributed by atoms with Gasteiger partial charge in [0.15, 0.2) is 0 Å². The van der Waals surface area contributed by atoms with E-state index < -0.39 is 0 Å². The highest BCUT2D eigenvalue weighted by Crippen LogP contribution is 2.24. The number of hydrogen-bond acceptors (Lipinski definition) is 2. The van der Waals surface area contributed by atoms with Gasteiger partial charge in [0.05, 0.1) is 17.7 Å². The van der Waals surface area contributed by atoms with Crippen LogP contribution in [0.25, 0.3) is 0 Å². The van der Waals surface area contributed by atoms with Crippen LogP contribution in [0.5, 0.6) is 5.75 Å². The van der Waals surface area contributed by atoms with Crippen LogP contribution in [0, 0.1) is 17.1 Å². The summed E-state index contributed by atoms with van der Waals surface area (Å²) >= 11 is 5.75. The highest BCUT2D eigenvalue weighted by atomic mass is 35.5. The minimum absolute atomic E-state index is 0.324. The number of hydrogen-bond donors (Lipinski definition) is 0. The largest absolute Gasteiger partial charge is 0.492 e. The Morgan fingerprint density at radius 1 is 1.50 bits per heavy atom. The lowest BCUT2D eigenvalue weighted by atomic mass is 10.3. The SMILES string of the molecule is N#CCCCOc1cc(F)ccc1Cl. The molecule has 1 aromatic rings. The van der Waals surface area contributed by atoms with Crippen LogP contribution in [0.15, 0.2) is 18.2 Å². The molecule has 0 aliphatic rings. The molecule has 0 aliphatic carbocycles. The summed E-state index contributed by atoms with van der Waals surface area (Å²) in [7, 11) is 0. The highest BCUT2D eigenvalue weighted by molar-refractivity contribution is 6.32. The third kappa shape index (κ3) is 3.23. The Labute approximate surface area is 86.9 Å². The molecule has 0 saturated carbocycles. The van der Waals surface area contributed by atoms with E-state index in [0.29, 0.717) is 30.2 Å². The topological polar surface area (TPSA) is 33.0 Å². The van der Waals surface area contributed by atoms with Gasteiger partial charge in [0, 0.05) is 12.5 Å². The number of benzene rings is 1. The lowest BCUT2D eigenvalue weighted by Crippen LogP contribution is -1.97. The second kappa shape index (κ2) is 5.46. The maximum atomic E-state index is 12.7. The molecule has 0 aromatic heterocycles. The monoisotopic (exact) mass is 213 g/mol. The number of nitrogens with zero attached hydrogens (tertiary/aromatic N) is 1. The molecule has 0 atom stereocenters. The van der Waals surface area contributed by atoms with Crippen LogP contribution < -0.4 is 4.74 Å². The molecule has 0 amide bonds. The maximum Gasteiger partial charge on any atom is 0.140 e. The third-order valence-electron chi connectivity index (χ3n) is 1.58. The van der Waals surface area contributed by atoms with Crippen molar-refractivity contribution in [1.82, 2.24) is 0 Å². The molecule has 0 unspecified atom stereocenters. The summed E-state index contributed by atoms with van der Waals surface area (Å²) in [5.41, 5.74) is 0. The summed E-state index contributed by atoms with van der Waals surface area (Å²) in [5, 5.41) is 8.65. The maximum absolute atomic E-state index is 12.7. The van der Waals surface area contributed by atoms with E-state index in [0.717, 1.165) is 0 Å². The molecular formula is C10H9ClFNO. The fourth-order valence-electron chi connectivity index (χ4n) is 0.921. The fourth-order valence-corrected chi connectivity index (χ4v) is 1.09. The Balaban J connectivity index is 2.50. The van der Waals surface area contributed by atoms with Crippen molar-refractivity contribution in [3.05, 3.63) is 29.0 Å². The van der Waals surface area contributed by atoms with Crippen molar-refractivity contribution >= 4 is 11.6 Å². The van der Waals surface area contributed by atoms with Gasteiger partial charge in [-0.05, 0) is 18.6 Å². The Bertz CT molecular complexity index is 348. The van der Waals surface area contributed by atoms with Gasteiger partial charge in [-0.15, -0.1) is 0 Å². The summed E-state index contributed by atoms with van der Waals surface area (Å²) in [5.74, 6) is -0.0608. The normalized spacial score (nSPS) is 9.50. The van der Waals surface area contributed by atoms with Gasteiger partial charge in [0.2, 0.25) is 0 Å². The van der Waals surface area contributed by atoms with Gasteiger partial charge in [-0.25, -0.2) is 4.39 Å². The van der Waals surface area contributed by atoms with Crippen molar-refractivity contribution in [2.24, 2.45) is 0 Å². The zero-order chi connectivity index (χ0) is 10.4. The van der Waals surface area contributed by atoms with Crippen LogP contribution in [-0.4, -0.2) is 6.61 Å². The van der Waals surface area contributed by atoms with Crippen LogP contribution in [0.2, 0.25) is 5.02 Å². The molecule has 0 spiro atoms. The van der Waals surface area contributed by atoms with Gasteiger partial charge in [-0.3, -0.25) is 0 Å². The lowest BCUT2D eigenvalue weighted by molar-refractivity contribution is 0.311. The Hall–Kier alpha value is -1.27. The molecule has 0 radical (unpaired) electrons. The molecule has 0 bridgehead atoms. The van der Waals surface area contributed by atoms with Crippen LogP contribution >= 0.6 is 11.6 Å². The lowest BCUT2D eigenvalue weighted by Gasteiger charge is -2.06. The first kappa shape index (κ1) is 10.8. The number of unbranched alkanes of at least 4 members (excludes halogenated alkanes) is 1. The number of ether oxygens (including phenoxy) is 1. The zero-order valence-corrected chi connectivity index (χ0v) is 8.22. The molecule has 14 heavy (non-hydrogen) atoms. The van der Waals surface area contributed by atoms with Crippen molar-refractivity contribution in [1.29, 1.82) is 5.26 Å². The smallest absolute Gasteiger partial charge is 0.140 e. The molecule has 0 N–H and O–H groups in total.